The van der Waals surface area contributed by atoms with E-state index in [4.69, 9.17) is 0 Å². The average molecular weight is 371 g/mol. The fourth-order valence-corrected chi connectivity index (χ4v) is 3.16. The predicted molar refractivity (Wildman–Crippen MR) is 95.2 cm³/mol. The maximum Gasteiger partial charge on any atom is 0.416 e. The topological polar surface area (TPSA) is 67.8 Å². The van der Waals surface area contributed by atoms with E-state index in [1.54, 1.807) is 30.5 Å². The Bertz CT molecular complexity index is 1310. The van der Waals surface area contributed by atoms with Crippen molar-refractivity contribution in [2.24, 2.45) is 0 Å². The molecule has 4 rings (SSSR count). The Kier molecular flexibility index (Phi) is 3.66. The van der Waals surface area contributed by atoms with E-state index in [1.165, 1.54) is 13.1 Å². The van der Waals surface area contributed by atoms with Gasteiger partial charge in [-0.25, -0.2) is 9.36 Å². The molecule has 0 fully saturated rings. The molecule has 0 atom stereocenters. The second-order valence-electron chi connectivity index (χ2n) is 6.16. The van der Waals surface area contributed by atoms with Crippen molar-refractivity contribution in [1.29, 1.82) is 0 Å². The highest BCUT2D eigenvalue weighted by Gasteiger charge is 2.31. The highest BCUT2D eigenvalue weighted by atomic mass is 19.4. The van der Waals surface area contributed by atoms with Gasteiger partial charge in [0.2, 0.25) is 0 Å². The van der Waals surface area contributed by atoms with Crippen LogP contribution in [0.15, 0.2) is 58.4 Å². The number of rotatable bonds is 1. The number of H-pyrrole nitrogens is 1. The molecule has 0 aliphatic heterocycles. The summed E-state index contributed by atoms with van der Waals surface area (Å²) in [6.07, 6.45) is -1.69. The molecule has 0 aliphatic rings. The second-order valence-corrected chi connectivity index (χ2v) is 6.16. The minimum atomic E-state index is -4.60. The third-order valence-corrected chi connectivity index (χ3v) is 4.42. The van der Waals surface area contributed by atoms with E-state index >= 15 is 0 Å². The quantitative estimate of drug-likeness (QED) is 0.556. The molecule has 0 radical (unpaired) electrons. The average Bonchev–Trinajstić information content (AvgIpc) is 2.62. The number of benzene rings is 2. The second kappa shape index (κ2) is 5.80. The first-order chi connectivity index (χ1) is 12.8. The lowest BCUT2D eigenvalue weighted by atomic mass is 10.1. The van der Waals surface area contributed by atoms with E-state index in [2.05, 4.69) is 9.97 Å². The van der Waals surface area contributed by atoms with E-state index < -0.39 is 23.0 Å². The van der Waals surface area contributed by atoms with Crippen molar-refractivity contribution < 1.29 is 13.2 Å². The molecule has 2 aromatic heterocycles. The molecule has 2 aromatic carbocycles. The number of nitrogens with one attached hydrogen (secondary N) is 1. The van der Waals surface area contributed by atoms with E-state index in [9.17, 15) is 22.8 Å². The molecule has 0 aliphatic carbocycles. The molecule has 0 bridgehead atoms. The number of aryl methyl sites for hydroxylation is 1. The smallest absolute Gasteiger partial charge is 0.306 e. The molecule has 0 spiro atoms. The van der Waals surface area contributed by atoms with Crippen LogP contribution in [0, 0.1) is 6.92 Å². The summed E-state index contributed by atoms with van der Waals surface area (Å²) in [7, 11) is 0. The molecule has 0 amide bonds. The normalized spacial score (nSPS) is 12.0. The first kappa shape index (κ1) is 17.0. The Labute approximate surface area is 149 Å². The van der Waals surface area contributed by atoms with Gasteiger partial charge in [0, 0.05) is 17.0 Å². The zero-order chi connectivity index (χ0) is 19.3. The van der Waals surface area contributed by atoms with Crippen molar-refractivity contribution in [3.63, 3.8) is 0 Å². The number of hydrogen-bond donors (Lipinski definition) is 1. The number of alkyl halides is 3. The summed E-state index contributed by atoms with van der Waals surface area (Å²) in [5.41, 5.74) is -2.06. The van der Waals surface area contributed by atoms with Crippen LogP contribution in [0.1, 0.15) is 11.1 Å². The number of pyridine rings is 1. The third kappa shape index (κ3) is 2.69. The van der Waals surface area contributed by atoms with Gasteiger partial charge in [-0.3, -0.25) is 9.78 Å². The van der Waals surface area contributed by atoms with Crippen LogP contribution in [0.3, 0.4) is 0 Å². The van der Waals surface area contributed by atoms with Gasteiger partial charge in [-0.1, -0.05) is 24.3 Å². The van der Waals surface area contributed by atoms with Crippen LogP contribution in [-0.4, -0.2) is 14.5 Å². The van der Waals surface area contributed by atoms with Crippen LogP contribution < -0.4 is 11.2 Å². The van der Waals surface area contributed by atoms with Crippen LogP contribution in [0.5, 0.6) is 0 Å². The number of aromatic amines is 1. The summed E-state index contributed by atoms with van der Waals surface area (Å²) in [5, 5.41) is 1.07. The van der Waals surface area contributed by atoms with E-state index in [0.717, 1.165) is 16.7 Å². The number of halogens is 3. The van der Waals surface area contributed by atoms with Crippen molar-refractivity contribution in [1.82, 2.24) is 14.5 Å². The zero-order valence-corrected chi connectivity index (χ0v) is 14.0. The van der Waals surface area contributed by atoms with Gasteiger partial charge in [-0.2, -0.15) is 13.2 Å². The van der Waals surface area contributed by atoms with Gasteiger partial charge in [-0.05, 0) is 24.6 Å². The minimum absolute atomic E-state index is 0.0856. The first-order valence-corrected chi connectivity index (χ1v) is 7.97. The van der Waals surface area contributed by atoms with Crippen LogP contribution >= 0.6 is 0 Å². The van der Waals surface area contributed by atoms with E-state index in [-0.39, 0.29) is 22.2 Å². The van der Waals surface area contributed by atoms with Gasteiger partial charge in [0.15, 0.2) is 0 Å². The monoisotopic (exact) mass is 371 g/mol. The Hall–Kier alpha value is -3.42. The summed E-state index contributed by atoms with van der Waals surface area (Å²) >= 11 is 0. The molecular formula is C19H12F3N3O2. The fourth-order valence-electron chi connectivity index (χ4n) is 3.16. The fraction of sp³-hybridized carbons (Fsp3) is 0.105. The van der Waals surface area contributed by atoms with Crippen molar-refractivity contribution in [3.05, 3.63) is 80.8 Å². The maximum atomic E-state index is 13.1. The molecule has 0 unspecified atom stereocenters. The number of hydrogen-bond acceptors (Lipinski definition) is 3. The molecule has 8 heteroatoms. The molecular weight excluding hydrogens is 359 g/mol. The molecule has 0 saturated heterocycles. The summed E-state index contributed by atoms with van der Waals surface area (Å²) in [5.74, 6) is 0. The van der Waals surface area contributed by atoms with Crippen LogP contribution in [0.2, 0.25) is 0 Å². The van der Waals surface area contributed by atoms with Gasteiger partial charge in [0.1, 0.15) is 0 Å². The molecule has 136 valence electrons. The summed E-state index contributed by atoms with van der Waals surface area (Å²) < 4.78 is 40.3. The Morgan fingerprint density at radius 3 is 2.52 bits per heavy atom. The molecule has 2 heterocycles. The SMILES string of the molecule is Cc1cc(C(F)(F)F)cc2c(=O)n(-c3cncc4ccccc34)c(=O)[nH]c12. The molecule has 27 heavy (non-hydrogen) atoms. The standard InChI is InChI=1S/C19H12F3N3O2/c1-10-6-12(19(20,21)22)7-14-16(10)24-18(27)25(17(14)26)15-9-23-8-11-4-2-3-5-13(11)15/h2-9H,1H3,(H,24,27). The first-order valence-electron chi connectivity index (χ1n) is 7.97. The van der Waals surface area contributed by atoms with Gasteiger partial charge in [0.05, 0.1) is 28.4 Å². The number of fused-ring (bicyclic) bond motifs is 2. The van der Waals surface area contributed by atoms with E-state index in [0.29, 0.717) is 10.8 Å². The Morgan fingerprint density at radius 1 is 1.04 bits per heavy atom. The zero-order valence-electron chi connectivity index (χ0n) is 14.0. The van der Waals surface area contributed by atoms with Gasteiger partial charge < -0.3 is 4.98 Å². The van der Waals surface area contributed by atoms with Crippen molar-refractivity contribution in [2.75, 3.05) is 0 Å². The lowest BCUT2D eigenvalue weighted by Crippen LogP contribution is -2.34. The van der Waals surface area contributed by atoms with Crippen LogP contribution in [0.25, 0.3) is 27.4 Å². The molecule has 4 aromatic rings. The van der Waals surface area contributed by atoms with Gasteiger partial charge in [0.25, 0.3) is 5.56 Å². The minimum Gasteiger partial charge on any atom is -0.306 e. The summed E-state index contributed by atoms with van der Waals surface area (Å²) in [4.78, 5) is 32.1. The highest BCUT2D eigenvalue weighted by molar-refractivity contribution is 5.90. The lowest BCUT2D eigenvalue weighted by Gasteiger charge is -2.12. The molecule has 0 saturated carbocycles. The summed E-state index contributed by atoms with van der Waals surface area (Å²) in [6.45, 7) is 1.41. The largest absolute Gasteiger partial charge is 0.416 e. The van der Waals surface area contributed by atoms with Crippen molar-refractivity contribution >= 4 is 21.7 Å². The Balaban J connectivity index is 2.13. The summed E-state index contributed by atoms with van der Waals surface area (Å²) in [6, 6.07) is 8.65. The van der Waals surface area contributed by atoms with Gasteiger partial charge in [-0.15, -0.1) is 0 Å². The lowest BCUT2D eigenvalue weighted by molar-refractivity contribution is -0.137. The predicted octanol–water partition coefficient (Wildman–Crippen LogP) is 3.55. The van der Waals surface area contributed by atoms with Crippen LogP contribution in [0.4, 0.5) is 13.2 Å². The maximum absolute atomic E-state index is 13.1. The van der Waals surface area contributed by atoms with Gasteiger partial charge >= 0.3 is 11.9 Å². The number of aromatic nitrogens is 3. The van der Waals surface area contributed by atoms with E-state index in [1.807, 2.05) is 0 Å². The molecule has 5 nitrogen and oxygen atoms in total. The highest BCUT2D eigenvalue weighted by Crippen LogP contribution is 2.31. The van der Waals surface area contributed by atoms with Crippen molar-refractivity contribution in [3.8, 4) is 5.69 Å². The van der Waals surface area contributed by atoms with Crippen LogP contribution in [-0.2, 0) is 6.18 Å². The number of nitrogens with zero attached hydrogens (tertiary/aromatic N) is 2. The Morgan fingerprint density at radius 2 is 1.78 bits per heavy atom. The van der Waals surface area contributed by atoms with Crippen molar-refractivity contribution in [2.45, 2.75) is 13.1 Å². The third-order valence-electron chi connectivity index (χ3n) is 4.42. The molecule has 1 N–H and O–H groups in total.